The SMILES string of the molecule is C/C(=N\Nc1ccc([N+](=O)[O-])cc1)C(=O)[O-]. The molecule has 1 aromatic carbocycles. The van der Waals surface area contributed by atoms with Gasteiger partial charge in [-0.05, 0) is 19.1 Å². The number of hydrogen-bond donors (Lipinski definition) is 1. The number of nitrogens with zero attached hydrogens (tertiary/aromatic N) is 2. The summed E-state index contributed by atoms with van der Waals surface area (Å²) in [6.45, 7) is 1.27. The third-order valence-corrected chi connectivity index (χ3v) is 1.73. The fraction of sp³-hybridized carbons (Fsp3) is 0.111. The first-order chi connectivity index (χ1) is 7.50. The normalized spacial score (nSPS) is 10.9. The van der Waals surface area contributed by atoms with Crippen LogP contribution in [0.4, 0.5) is 11.4 Å². The van der Waals surface area contributed by atoms with E-state index in [2.05, 4.69) is 10.5 Å². The maximum atomic E-state index is 10.3. The molecule has 0 fully saturated rings. The summed E-state index contributed by atoms with van der Waals surface area (Å²) >= 11 is 0. The molecule has 0 aromatic heterocycles. The molecule has 0 amide bonds. The third-order valence-electron chi connectivity index (χ3n) is 1.73. The molecule has 1 aromatic rings. The minimum atomic E-state index is -1.38. The van der Waals surface area contributed by atoms with Crippen LogP contribution in [0.3, 0.4) is 0 Å². The predicted molar refractivity (Wildman–Crippen MR) is 54.8 cm³/mol. The molecule has 0 aliphatic rings. The van der Waals surface area contributed by atoms with Crippen molar-refractivity contribution in [3.05, 3.63) is 34.4 Å². The maximum absolute atomic E-state index is 10.3. The van der Waals surface area contributed by atoms with Gasteiger partial charge in [0, 0.05) is 12.1 Å². The van der Waals surface area contributed by atoms with Gasteiger partial charge in [0.05, 0.1) is 22.3 Å². The summed E-state index contributed by atoms with van der Waals surface area (Å²) in [5, 5.41) is 24.1. The number of hydrazone groups is 1. The molecule has 0 atom stereocenters. The highest BCUT2D eigenvalue weighted by molar-refractivity contribution is 6.33. The molecule has 0 unspecified atom stereocenters. The molecule has 0 spiro atoms. The van der Waals surface area contributed by atoms with Crippen molar-refractivity contribution in [1.82, 2.24) is 0 Å². The lowest BCUT2D eigenvalue weighted by Crippen LogP contribution is -2.30. The number of nitrogens with one attached hydrogen (secondary N) is 1. The van der Waals surface area contributed by atoms with Gasteiger partial charge in [-0.3, -0.25) is 15.5 Å². The van der Waals surface area contributed by atoms with E-state index in [9.17, 15) is 20.0 Å². The highest BCUT2D eigenvalue weighted by Crippen LogP contribution is 2.15. The molecule has 1 N–H and O–H groups in total. The van der Waals surface area contributed by atoms with E-state index >= 15 is 0 Å². The minimum Gasteiger partial charge on any atom is -0.543 e. The largest absolute Gasteiger partial charge is 0.543 e. The molecule has 0 saturated carbocycles. The van der Waals surface area contributed by atoms with Crippen LogP contribution >= 0.6 is 0 Å². The Morgan fingerprint density at radius 3 is 2.38 bits per heavy atom. The maximum Gasteiger partial charge on any atom is 0.269 e. The molecule has 0 bridgehead atoms. The molecular weight excluding hydrogens is 214 g/mol. The van der Waals surface area contributed by atoms with Gasteiger partial charge in [-0.2, -0.15) is 5.10 Å². The highest BCUT2D eigenvalue weighted by Gasteiger charge is 2.02. The van der Waals surface area contributed by atoms with Crippen LogP contribution in [0, 0.1) is 10.1 Å². The smallest absolute Gasteiger partial charge is 0.269 e. The molecule has 0 radical (unpaired) electrons. The number of anilines is 1. The summed E-state index contributed by atoms with van der Waals surface area (Å²) in [6.07, 6.45) is 0. The lowest BCUT2D eigenvalue weighted by molar-refractivity contribution is -0.384. The summed E-state index contributed by atoms with van der Waals surface area (Å²) in [5.74, 6) is -1.38. The van der Waals surface area contributed by atoms with Crippen LogP contribution in [0.5, 0.6) is 0 Å². The first-order valence-electron chi connectivity index (χ1n) is 4.27. The third kappa shape index (κ3) is 3.05. The van der Waals surface area contributed by atoms with E-state index in [-0.39, 0.29) is 11.4 Å². The zero-order valence-electron chi connectivity index (χ0n) is 8.34. The summed E-state index contributed by atoms with van der Waals surface area (Å²) in [6, 6.07) is 5.41. The van der Waals surface area contributed by atoms with Crippen LogP contribution in [-0.2, 0) is 4.79 Å². The van der Waals surface area contributed by atoms with E-state index in [1.807, 2.05) is 0 Å². The highest BCUT2D eigenvalue weighted by atomic mass is 16.6. The summed E-state index contributed by atoms with van der Waals surface area (Å²) in [7, 11) is 0. The van der Waals surface area contributed by atoms with E-state index in [0.717, 1.165) is 0 Å². The number of carboxylic acid groups (broad SMARTS) is 1. The molecule has 1 rings (SSSR count). The zero-order valence-corrected chi connectivity index (χ0v) is 8.34. The van der Waals surface area contributed by atoms with Gasteiger partial charge in [0.1, 0.15) is 0 Å². The van der Waals surface area contributed by atoms with Crippen LogP contribution in [-0.4, -0.2) is 16.6 Å². The molecule has 0 aliphatic heterocycles. The fourth-order valence-corrected chi connectivity index (χ4v) is 0.852. The number of nitro benzene ring substituents is 1. The van der Waals surface area contributed by atoms with Gasteiger partial charge in [-0.1, -0.05) is 0 Å². The number of benzene rings is 1. The number of aliphatic carboxylic acids is 1. The minimum absolute atomic E-state index is 0.0499. The number of carbonyl (C=O) groups excluding carboxylic acids is 1. The molecule has 7 heteroatoms. The van der Waals surface area contributed by atoms with Crippen molar-refractivity contribution in [2.45, 2.75) is 6.92 Å². The Balaban J connectivity index is 2.73. The Hall–Kier alpha value is -2.44. The monoisotopic (exact) mass is 222 g/mol. The van der Waals surface area contributed by atoms with E-state index in [0.29, 0.717) is 5.69 Å². The number of carbonyl (C=O) groups is 1. The topological polar surface area (TPSA) is 108 Å². The van der Waals surface area contributed by atoms with Gasteiger partial charge >= 0.3 is 0 Å². The van der Waals surface area contributed by atoms with E-state index < -0.39 is 10.9 Å². The Morgan fingerprint density at radius 2 is 1.94 bits per heavy atom. The fourth-order valence-electron chi connectivity index (χ4n) is 0.852. The van der Waals surface area contributed by atoms with Gasteiger partial charge in [0.25, 0.3) is 5.69 Å². The van der Waals surface area contributed by atoms with Crippen LogP contribution in [0.25, 0.3) is 0 Å². The number of carboxylic acids is 1. The van der Waals surface area contributed by atoms with Crippen molar-refractivity contribution in [1.29, 1.82) is 0 Å². The molecule has 7 nitrogen and oxygen atoms in total. The van der Waals surface area contributed by atoms with Crippen LogP contribution < -0.4 is 10.5 Å². The second-order valence-electron chi connectivity index (χ2n) is 2.90. The molecule has 0 aliphatic carbocycles. The summed E-state index contributed by atoms with van der Waals surface area (Å²) < 4.78 is 0. The quantitative estimate of drug-likeness (QED) is 0.442. The van der Waals surface area contributed by atoms with Crippen molar-refractivity contribution in [3.8, 4) is 0 Å². The van der Waals surface area contributed by atoms with Crippen LogP contribution in [0.1, 0.15) is 6.92 Å². The summed E-state index contributed by atoms with van der Waals surface area (Å²) in [4.78, 5) is 20.1. The van der Waals surface area contributed by atoms with Gasteiger partial charge < -0.3 is 9.90 Å². The van der Waals surface area contributed by atoms with Gasteiger partial charge in [0.15, 0.2) is 0 Å². The zero-order chi connectivity index (χ0) is 12.1. The lowest BCUT2D eigenvalue weighted by Gasteiger charge is -2.03. The second-order valence-corrected chi connectivity index (χ2v) is 2.90. The molecule has 84 valence electrons. The molecule has 0 heterocycles. The molecule has 0 saturated heterocycles. The lowest BCUT2D eigenvalue weighted by atomic mass is 10.3. The van der Waals surface area contributed by atoms with Crippen LogP contribution in [0.15, 0.2) is 29.4 Å². The molecular formula is C9H8N3O4-. The van der Waals surface area contributed by atoms with Crippen molar-refractivity contribution in [2.24, 2.45) is 5.10 Å². The van der Waals surface area contributed by atoms with E-state index in [1.54, 1.807) is 0 Å². The van der Waals surface area contributed by atoms with Crippen molar-refractivity contribution >= 4 is 23.1 Å². The average molecular weight is 222 g/mol. The predicted octanol–water partition coefficient (Wildman–Crippen LogP) is 0.132. The van der Waals surface area contributed by atoms with Crippen molar-refractivity contribution in [3.63, 3.8) is 0 Å². The number of hydrogen-bond acceptors (Lipinski definition) is 6. The first kappa shape index (κ1) is 11.6. The second kappa shape index (κ2) is 4.87. The standard InChI is InChI=1S/C9H9N3O4/c1-6(9(13)14)10-11-7-2-4-8(5-3-7)12(15)16/h2-5,11H,1H3,(H,13,14)/p-1/b10-6+. The average Bonchev–Trinajstić information content (AvgIpc) is 2.26. The van der Waals surface area contributed by atoms with E-state index in [1.165, 1.54) is 31.2 Å². The Labute approximate surface area is 90.6 Å². The van der Waals surface area contributed by atoms with Crippen LogP contribution in [0.2, 0.25) is 0 Å². The number of rotatable bonds is 4. The number of non-ortho nitro benzene ring substituents is 1. The Morgan fingerprint density at radius 1 is 1.38 bits per heavy atom. The molecule has 16 heavy (non-hydrogen) atoms. The van der Waals surface area contributed by atoms with Gasteiger partial charge in [-0.15, -0.1) is 0 Å². The van der Waals surface area contributed by atoms with E-state index in [4.69, 9.17) is 0 Å². The summed E-state index contributed by atoms with van der Waals surface area (Å²) in [5.41, 5.74) is 2.63. The van der Waals surface area contributed by atoms with Crippen molar-refractivity contribution in [2.75, 3.05) is 5.43 Å². The first-order valence-corrected chi connectivity index (χ1v) is 4.27. The van der Waals surface area contributed by atoms with Gasteiger partial charge in [0.2, 0.25) is 0 Å². The Bertz CT molecular complexity index is 439. The number of nitro groups is 1. The Kier molecular flexibility index (Phi) is 3.54. The van der Waals surface area contributed by atoms with Gasteiger partial charge in [-0.25, -0.2) is 0 Å². The van der Waals surface area contributed by atoms with Crippen molar-refractivity contribution < 1.29 is 14.8 Å².